The van der Waals surface area contributed by atoms with Gasteiger partial charge in [-0.1, -0.05) is 6.92 Å². The summed E-state index contributed by atoms with van der Waals surface area (Å²) in [6.07, 6.45) is 2.39. The van der Waals surface area contributed by atoms with Crippen molar-refractivity contribution < 1.29 is 4.79 Å². The van der Waals surface area contributed by atoms with Crippen molar-refractivity contribution in [2.24, 2.45) is 0 Å². The van der Waals surface area contributed by atoms with Crippen molar-refractivity contribution >= 4 is 5.91 Å². The first-order valence-corrected chi connectivity index (χ1v) is 8.48. The van der Waals surface area contributed by atoms with Crippen LogP contribution in [-0.4, -0.2) is 57.6 Å². The summed E-state index contributed by atoms with van der Waals surface area (Å²) in [7, 11) is 0. The topological polar surface area (TPSA) is 52.2 Å². The standard InChI is InChI=1S/C17H30N4O/c1-6-15-11-20(9-10-21(15)12(2)3)17(22)8-7-16-13(4)14(5)18-19-16/h12,15H,6-11H2,1-5H3,(H,18,19). The van der Waals surface area contributed by atoms with Gasteiger partial charge in [0.15, 0.2) is 0 Å². The quantitative estimate of drug-likeness (QED) is 0.908. The van der Waals surface area contributed by atoms with Crippen LogP contribution in [0.3, 0.4) is 0 Å². The molecule has 22 heavy (non-hydrogen) atoms. The summed E-state index contributed by atoms with van der Waals surface area (Å²) in [6, 6.07) is 1.05. The highest BCUT2D eigenvalue weighted by molar-refractivity contribution is 5.76. The molecule has 1 fully saturated rings. The van der Waals surface area contributed by atoms with E-state index in [2.05, 4.69) is 42.8 Å². The van der Waals surface area contributed by atoms with Crippen LogP contribution in [0.5, 0.6) is 0 Å². The third-order valence-electron chi connectivity index (χ3n) is 4.95. The predicted molar refractivity (Wildman–Crippen MR) is 88.9 cm³/mol. The molecule has 1 atom stereocenters. The molecule has 124 valence electrons. The third kappa shape index (κ3) is 3.69. The highest BCUT2D eigenvalue weighted by Gasteiger charge is 2.29. The summed E-state index contributed by atoms with van der Waals surface area (Å²) in [5, 5.41) is 7.29. The molecule has 1 aromatic heterocycles. The summed E-state index contributed by atoms with van der Waals surface area (Å²) in [5.41, 5.74) is 3.31. The van der Waals surface area contributed by atoms with Gasteiger partial charge in [0.2, 0.25) is 5.91 Å². The average molecular weight is 306 g/mol. The molecule has 2 heterocycles. The van der Waals surface area contributed by atoms with Gasteiger partial charge in [0.1, 0.15) is 0 Å². The van der Waals surface area contributed by atoms with E-state index in [1.54, 1.807) is 0 Å². The van der Waals surface area contributed by atoms with Crippen LogP contribution < -0.4 is 0 Å². The lowest BCUT2D eigenvalue weighted by atomic mass is 10.1. The second-order valence-corrected chi connectivity index (χ2v) is 6.65. The fourth-order valence-corrected chi connectivity index (χ4v) is 3.30. The van der Waals surface area contributed by atoms with E-state index in [4.69, 9.17) is 0 Å². The second-order valence-electron chi connectivity index (χ2n) is 6.65. The lowest BCUT2D eigenvalue weighted by Gasteiger charge is -2.43. The molecule has 0 radical (unpaired) electrons. The number of rotatable bonds is 5. The Morgan fingerprint density at radius 1 is 1.36 bits per heavy atom. The van der Waals surface area contributed by atoms with E-state index in [9.17, 15) is 4.79 Å². The van der Waals surface area contributed by atoms with E-state index in [-0.39, 0.29) is 5.91 Å². The highest BCUT2D eigenvalue weighted by atomic mass is 16.2. The van der Waals surface area contributed by atoms with Crippen molar-refractivity contribution in [3.8, 4) is 0 Å². The number of nitrogens with zero attached hydrogens (tertiary/aromatic N) is 3. The molecule has 5 nitrogen and oxygen atoms in total. The van der Waals surface area contributed by atoms with Gasteiger partial charge in [-0.25, -0.2) is 0 Å². The number of piperazine rings is 1. The van der Waals surface area contributed by atoms with E-state index in [0.717, 1.165) is 43.9 Å². The van der Waals surface area contributed by atoms with Crippen molar-refractivity contribution in [3.05, 3.63) is 17.0 Å². The Bertz CT molecular complexity index is 509. The normalized spacial score (nSPS) is 19.9. The third-order valence-corrected chi connectivity index (χ3v) is 4.95. The van der Waals surface area contributed by atoms with Gasteiger partial charge in [0.05, 0.1) is 5.69 Å². The maximum absolute atomic E-state index is 12.5. The van der Waals surface area contributed by atoms with Crippen LogP contribution in [0.25, 0.3) is 0 Å². The van der Waals surface area contributed by atoms with E-state index in [1.165, 1.54) is 5.56 Å². The molecule has 0 saturated carbocycles. The molecule has 1 N–H and O–H groups in total. The molecule has 0 aromatic carbocycles. The first-order chi connectivity index (χ1) is 10.4. The molecule has 1 aromatic rings. The number of aryl methyl sites for hydroxylation is 2. The van der Waals surface area contributed by atoms with Gasteiger partial charge in [-0.3, -0.25) is 14.8 Å². The van der Waals surface area contributed by atoms with Gasteiger partial charge in [0, 0.05) is 50.3 Å². The first kappa shape index (κ1) is 17.0. The molecule has 1 saturated heterocycles. The van der Waals surface area contributed by atoms with Crippen LogP contribution in [0.15, 0.2) is 0 Å². The lowest BCUT2D eigenvalue weighted by molar-refractivity contribution is -0.134. The first-order valence-electron chi connectivity index (χ1n) is 8.48. The Balaban J connectivity index is 1.89. The minimum Gasteiger partial charge on any atom is -0.340 e. The van der Waals surface area contributed by atoms with Gasteiger partial charge in [-0.2, -0.15) is 5.10 Å². The molecule has 0 spiro atoms. The van der Waals surface area contributed by atoms with Gasteiger partial charge in [0.25, 0.3) is 0 Å². The van der Waals surface area contributed by atoms with Crippen molar-refractivity contribution in [1.82, 2.24) is 20.0 Å². The van der Waals surface area contributed by atoms with Crippen LogP contribution in [0, 0.1) is 13.8 Å². The van der Waals surface area contributed by atoms with E-state index >= 15 is 0 Å². The lowest BCUT2D eigenvalue weighted by Crippen LogP contribution is -2.56. The highest BCUT2D eigenvalue weighted by Crippen LogP contribution is 2.17. The number of carbonyl (C=O) groups excluding carboxylic acids is 1. The Morgan fingerprint density at radius 2 is 2.09 bits per heavy atom. The maximum Gasteiger partial charge on any atom is 0.223 e. The SMILES string of the molecule is CCC1CN(C(=O)CCc2n[nH]c(C)c2C)CCN1C(C)C. The van der Waals surface area contributed by atoms with Crippen LogP contribution in [-0.2, 0) is 11.2 Å². The fourth-order valence-electron chi connectivity index (χ4n) is 3.30. The number of amides is 1. The van der Waals surface area contributed by atoms with Crippen LogP contribution in [0.1, 0.15) is 50.6 Å². The van der Waals surface area contributed by atoms with Crippen molar-refractivity contribution in [3.63, 3.8) is 0 Å². The zero-order valence-electron chi connectivity index (χ0n) is 14.6. The minimum atomic E-state index is 0.266. The summed E-state index contributed by atoms with van der Waals surface area (Å²) in [4.78, 5) is 17.1. The molecular formula is C17H30N4O. The number of carbonyl (C=O) groups is 1. The Labute approximate surface area is 134 Å². The second kappa shape index (κ2) is 7.27. The molecule has 1 aliphatic heterocycles. The van der Waals surface area contributed by atoms with Crippen molar-refractivity contribution in [1.29, 1.82) is 0 Å². The number of aromatic amines is 1. The molecule has 2 rings (SSSR count). The largest absolute Gasteiger partial charge is 0.340 e. The summed E-state index contributed by atoms with van der Waals surface area (Å²) >= 11 is 0. The molecule has 5 heteroatoms. The molecule has 1 unspecified atom stereocenters. The van der Waals surface area contributed by atoms with Gasteiger partial charge >= 0.3 is 0 Å². The number of hydrogen-bond acceptors (Lipinski definition) is 3. The van der Waals surface area contributed by atoms with Gasteiger partial charge in [-0.15, -0.1) is 0 Å². The fraction of sp³-hybridized carbons (Fsp3) is 0.765. The minimum absolute atomic E-state index is 0.266. The van der Waals surface area contributed by atoms with E-state index in [1.807, 2.05) is 11.8 Å². The maximum atomic E-state index is 12.5. The summed E-state index contributed by atoms with van der Waals surface area (Å²) in [6.45, 7) is 13.5. The van der Waals surface area contributed by atoms with Crippen LogP contribution in [0.2, 0.25) is 0 Å². The molecule has 0 aliphatic carbocycles. The Morgan fingerprint density at radius 3 is 2.64 bits per heavy atom. The molecule has 0 bridgehead atoms. The van der Waals surface area contributed by atoms with Crippen molar-refractivity contribution in [2.45, 2.75) is 66.0 Å². The van der Waals surface area contributed by atoms with Crippen LogP contribution in [0.4, 0.5) is 0 Å². The zero-order valence-corrected chi connectivity index (χ0v) is 14.6. The van der Waals surface area contributed by atoms with Crippen LogP contribution >= 0.6 is 0 Å². The zero-order chi connectivity index (χ0) is 16.3. The van der Waals surface area contributed by atoms with E-state index in [0.29, 0.717) is 18.5 Å². The van der Waals surface area contributed by atoms with E-state index < -0.39 is 0 Å². The number of aromatic nitrogens is 2. The number of hydrogen-bond donors (Lipinski definition) is 1. The smallest absolute Gasteiger partial charge is 0.223 e. The Hall–Kier alpha value is -1.36. The van der Waals surface area contributed by atoms with Gasteiger partial charge < -0.3 is 4.90 Å². The number of nitrogens with one attached hydrogen (secondary N) is 1. The Kier molecular flexibility index (Phi) is 5.62. The molecule has 1 aliphatic rings. The predicted octanol–water partition coefficient (Wildman–Crippen LogP) is 2.29. The number of H-pyrrole nitrogens is 1. The monoisotopic (exact) mass is 306 g/mol. The van der Waals surface area contributed by atoms with Gasteiger partial charge in [-0.05, 0) is 39.7 Å². The molecule has 1 amide bonds. The summed E-state index contributed by atoms with van der Waals surface area (Å²) < 4.78 is 0. The molecular weight excluding hydrogens is 276 g/mol. The summed E-state index contributed by atoms with van der Waals surface area (Å²) in [5.74, 6) is 0.266. The van der Waals surface area contributed by atoms with Crippen molar-refractivity contribution in [2.75, 3.05) is 19.6 Å². The average Bonchev–Trinajstić information content (AvgIpc) is 2.83.